The minimum atomic E-state index is -0.602. The number of hydrogen-bond donors (Lipinski definition) is 1. The third-order valence-corrected chi connectivity index (χ3v) is 7.52. The number of thioether (sulfide) groups is 1. The lowest BCUT2D eigenvalue weighted by Gasteiger charge is -2.09. The molecular weight excluding hydrogens is 539 g/mol. The SMILES string of the molecule is COC(=O)c1c(-c2ccc(F)cc2)csc1NC(=O)CSc1nnc(COc2cc(C)ccc2Cl)n1C. The van der Waals surface area contributed by atoms with Crippen molar-refractivity contribution >= 4 is 51.6 Å². The number of ether oxygens (including phenoxy) is 2. The Morgan fingerprint density at radius 3 is 2.68 bits per heavy atom. The maximum atomic E-state index is 13.3. The minimum Gasteiger partial charge on any atom is -0.484 e. The number of thiophene rings is 1. The van der Waals surface area contributed by atoms with E-state index >= 15 is 0 Å². The van der Waals surface area contributed by atoms with Crippen molar-refractivity contribution in [2.45, 2.75) is 18.7 Å². The maximum Gasteiger partial charge on any atom is 0.341 e. The molecule has 2 aromatic carbocycles. The van der Waals surface area contributed by atoms with Gasteiger partial charge in [0.25, 0.3) is 0 Å². The molecule has 0 aliphatic carbocycles. The Balaban J connectivity index is 1.40. The maximum absolute atomic E-state index is 13.3. The first kappa shape index (κ1) is 26.6. The van der Waals surface area contributed by atoms with Gasteiger partial charge in [-0.1, -0.05) is 41.6 Å². The Bertz CT molecular complexity index is 1440. The van der Waals surface area contributed by atoms with Crippen molar-refractivity contribution in [2.24, 2.45) is 7.05 Å². The zero-order valence-electron chi connectivity index (χ0n) is 20.1. The summed E-state index contributed by atoms with van der Waals surface area (Å²) in [6, 6.07) is 11.2. The molecule has 8 nitrogen and oxygen atoms in total. The molecule has 4 rings (SSSR count). The van der Waals surface area contributed by atoms with E-state index in [2.05, 4.69) is 15.5 Å². The number of hydrogen-bond acceptors (Lipinski definition) is 8. The summed E-state index contributed by atoms with van der Waals surface area (Å²) in [5, 5.41) is 14.1. The second kappa shape index (κ2) is 11.8. The Kier molecular flexibility index (Phi) is 8.47. The lowest BCUT2D eigenvalue weighted by atomic mass is 10.0. The molecule has 0 spiro atoms. The summed E-state index contributed by atoms with van der Waals surface area (Å²) in [6.07, 6.45) is 0. The molecule has 0 fully saturated rings. The summed E-state index contributed by atoms with van der Waals surface area (Å²) in [6.45, 7) is 2.10. The number of nitrogens with one attached hydrogen (secondary N) is 1. The van der Waals surface area contributed by atoms with Crippen LogP contribution in [0.2, 0.25) is 5.02 Å². The van der Waals surface area contributed by atoms with Gasteiger partial charge in [0.15, 0.2) is 11.0 Å². The van der Waals surface area contributed by atoms with Gasteiger partial charge in [0.1, 0.15) is 28.7 Å². The first-order valence-electron chi connectivity index (χ1n) is 10.9. The van der Waals surface area contributed by atoms with Crippen molar-refractivity contribution in [3.05, 3.63) is 75.6 Å². The van der Waals surface area contributed by atoms with Crippen LogP contribution < -0.4 is 10.1 Å². The number of benzene rings is 2. The zero-order valence-corrected chi connectivity index (χ0v) is 22.5. The highest BCUT2D eigenvalue weighted by atomic mass is 35.5. The van der Waals surface area contributed by atoms with Crippen LogP contribution in [-0.2, 0) is 23.2 Å². The van der Waals surface area contributed by atoms with Gasteiger partial charge in [0.05, 0.1) is 17.9 Å². The van der Waals surface area contributed by atoms with Crippen molar-refractivity contribution in [3.8, 4) is 16.9 Å². The first-order chi connectivity index (χ1) is 17.8. The fraction of sp³-hybridized carbons (Fsp3) is 0.200. The number of nitrogens with zero attached hydrogens (tertiary/aromatic N) is 3. The number of methoxy groups -OCH3 is 1. The number of amides is 1. The minimum absolute atomic E-state index is 0.0287. The molecule has 2 heterocycles. The molecule has 192 valence electrons. The third kappa shape index (κ3) is 6.30. The van der Waals surface area contributed by atoms with E-state index in [1.165, 1.54) is 42.3 Å². The fourth-order valence-electron chi connectivity index (χ4n) is 3.35. The quantitative estimate of drug-likeness (QED) is 0.206. The average Bonchev–Trinajstić information content (AvgIpc) is 3.46. The topological polar surface area (TPSA) is 95.3 Å². The summed E-state index contributed by atoms with van der Waals surface area (Å²) in [7, 11) is 3.04. The van der Waals surface area contributed by atoms with Crippen LogP contribution in [0.5, 0.6) is 5.75 Å². The molecule has 0 aliphatic heterocycles. The van der Waals surface area contributed by atoms with Gasteiger partial charge < -0.3 is 19.4 Å². The van der Waals surface area contributed by atoms with Crippen LogP contribution in [-0.4, -0.2) is 39.5 Å². The van der Waals surface area contributed by atoms with Gasteiger partial charge >= 0.3 is 5.97 Å². The van der Waals surface area contributed by atoms with Crippen LogP contribution in [0.1, 0.15) is 21.7 Å². The van der Waals surface area contributed by atoms with E-state index in [9.17, 15) is 14.0 Å². The van der Waals surface area contributed by atoms with Gasteiger partial charge in [-0.25, -0.2) is 9.18 Å². The van der Waals surface area contributed by atoms with Crippen LogP contribution in [0.15, 0.2) is 53.0 Å². The Morgan fingerprint density at radius 1 is 1.19 bits per heavy atom. The predicted molar refractivity (Wildman–Crippen MR) is 142 cm³/mol. The highest BCUT2D eigenvalue weighted by Gasteiger charge is 2.23. The number of esters is 1. The molecular formula is C25H22ClFN4O4S2. The van der Waals surface area contributed by atoms with E-state index in [0.29, 0.717) is 37.9 Å². The highest BCUT2D eigenvalue weighted by molar-refractivity contribution is 7.99. The number of halogens is 2. The Labute approximate surface area is 225 Å². The Hall–Kier alpha value is -3.41. The molecule has 4 aromatic rings. The van der Waals surface area contributed by atoms with E-state index < -0.39 is 5.97 Å². The van der Waals surface area contributed by atoms with Crippen LogP contribution in [0.4, 0.5) is 9.39 Å². The number of aryl methyl sites for hydroxylation is 1. The van der Waals surface area contributed by atoms with E-state index in [-0.39, 0.29) is 29.6 Å². The number of anilines is 1. The third-order valence-electron chi connectivity index (χ3n) is 5.29. The number of aromatic nitrogens is 3. The molecule has 37 heavy (non-hydrogen) atoms. The molecule has 0 bridgehead atoms. The van der Waals surface area contributed by atoms with Crippen molar-refractivity contribution in [2.75, 3.05) is 18.2 Å². The standard InChI is InChI=1S/C25H22ClFN4O4S2/c1-14-4-9-18(26)19(10-14)35-11-20-29-30-25(31(20)2)37-13-21(32)28-23-22(24(33)34-3)17(12-36-23)15-5-7-16(27)8-6-15/h4-10,12H,11,13H2,1-3H3,(H,28,32). The normalized spacial score (nSPS) is 10.8. The Morgan fingerprint density at radius 2 is 1.95 bits per heavy atom. The molecule has 0 unspecified atom stereocenters. The molecule has 2 aromatic heterocycles. The van der Waals surface area contributed by atoms with Gasteiger partial charge in [-0.15, -0.1) is 21.5 Å². The summed E-state index contributed by atoms with van der Waals surface area (Å²) >= 11 is 8.56. The monoisotopic (exact) mass is 560 g/mol. The average molecular weight is 561 g/mol. The summed E-state index contributed by atoms with van der Waals surface area (Å²) in [4.78, 5) is 25.2. The number of carbonyl (C=O) groups is 2. The van der Waals surface area contributed by atoms with Crippen LogP contribution in [0.3, 0.4) is 0 Å². The second-order valence-electron chi connectivity index (χ2n) is 7.87. The van der Waals surface area contributed by atoms with Gasteiger partial charge in [0.2, 0.25) is 5.91 Å². The van der Waals surface area contributed by atoms with Crippen molar-refractivity contribution < 1.29 is 23.5 Å². The van der Waals surface area contributed by atoms with Gasteiger partial charge in [-0.2, -0.15) is 0 Å². The van der Waals surface area contributed by atoms with E-state index in [0.717, 1.165) is 5.56 Å². The molecule has 12 heteroatoms. The zero-order chi connectivity index (χ0) is 26.5. The van der Waals surface area contributed by atoms with Crippen molar-refractivity contribution in [3.63, 3.8) is 0 Å². The molecule has 0 atom stereocenters. The summed E-state index contributed by atoms with van der Waals surface area (Å²) in [5.41, 5.74) is 2.41. The summed E-state index contributed by atoms with van der Waals surface area (Å²) < 4.78 is 25.8. The first-order valence-corrected chi connectivity index (χ1v) is 13.2. The molecule has 1 N–H and O–H groups in total. The van der Waals surface area contributed by atoms with Crippen LogP contribution in [0.25, 0.3) is 11.1 Å². The molecule has 0 radical (unpaired) electrons. The van der Waals surface area contributed by atoms with E-state index in [1.54, 1.807) is 35.2 Å². The van der Waals surface area contributed by atoms with Gasteiger partial charge in [-0.05, 0) is 42.3 Å². The molecule has 0 saturated heterocycles. The number of rotatable bonds is 9. The smallest absolute Gasteiger partial charge is 0.341 e. The molecule has 0 aliphatic rings. The largest absolute Gasteiger partial charge is 0.484 e. The summed E-state index contributed by atoms with van der Waals surface area (Å²) in [5.74, 6) is -0.181. The highest BCUT2D eigenvalue weighted by Crippen LogP contribution is 2.36. The van der Waals surface area contributed by atoms with E-state index in [1.807, 2.05) is 19.1 Å². The van der Waals surface area contributed by atoms with Crippen molar-refractivity contribution in [1.82, 2.24) is 14.8 Å². The lowest BCUT2D eigenvalue weighted by Crippen LogP contribution is -2.16. The van der Waals surface area contributed by atoms with Crippen LogP contribution in [0, 0.1) is 12.7 Å². The number of carbonyl (C=O) groups excluding carboxylic acids is 2. The van der Waals surface area contributed by atoms with Crippen molar-refractivity contribution in [1.29, 1.82) is 0 Å². The predicted octanol–water partition coefficient (Wildman–Crippen LogP) is 5.74. The molecule has 0 saturated carbocycles. The van der Waals surface area contributed by atoms with Crippen LogP contribution >= 0.6 is 34.7 Å². The lowest BCUT2D eigenvalue weighted by molar-refractivity contribution is -0.113. The van der Waals surface area contributed by atoms with Gasteiger partial charge in [0, 0.05) is 18.0 Å². The fourth-order valence-corrected chi connectivity index (χ4v) is 5.22. The second-order valence-corrected chi connectivity index (χ2v) is 10.1. The van der Waals surface area contributed by atoms with Gasteiger partial charge in [-0.3, -0.25) is 4.79 Å². The molecule has 1 amide bonds. The van der Waals surface area contributed by atoms with E-state index in [4.69, 9.17) is 21.1 Å².